The van der Waals surface area contributed by atoms with Gasteiger partial charge in [-0.3, -0.25) is 9.59 Å². The van der Waals surface area contributed by atoms with Crippen molar-refractivity contribution in [3.05, 3.63) is 34.3 Å². The van der Waals surface area contributed by atoms with E-state index < -0.39 is 0 Å². The van der Waals surface area contributed by atoms with Crippen molar-refractivity contribution in [2.75, 3.05) is 10.6 Å². The van der Waals surface area contributed by atoms with Crippen molar-refractivity contribution in [2.24, 2.45) is 0 Å². The molecule has 2 N–H and O–H groups in total. The first-order valence-corrected chi connectivity index (χ1v) is 9.14. The molecule has 3 rings (SSSR count). The minimum atomic E-state index is -0.135. The number of nitrogens with one attached hydrogen (secondary N) is 2. The molecular formula is C16H16N4O2S2. The predicted octanol–water partition coefficient (Wildman–Crippen LogP) is 3.45. The molecular weight excluding hydrogens is 344 g/mol. The quantitative estimate of drug-likeness (QED) is 0.730. The van der Waals surface area contributed by atoms with Gasteiger partial charge in [0.25, 0.3) is 0 Å². The zero-order valence-electron chi connectivity index (χ0n) is 13.3. The predicted molar refractivity (Wildman–Crippen MR) is 97.7 cm³/mol. The maximum Gasteiger partial charge on any atom is 0.232 e. The van der Waals surface area contributed by atoms with Gasteiger partial charge in [0.15, 0.2) is 5.13 Å². The largest absolute Gasteiger partial charge is 0.326 e. The van der Waals surface area contributed by atoms with Crippen LogP contribution in [0.4, 0.5) is 10.8 Å². The average Bonchev–Trinajstić information content (AvgIpc) is 3.12. The first kappa shape index (κ1) is 16.5. The number of carbonyl (C=O) groups excluding carboxylic acids is 2. The van der Waals surface area contributed by atoms with Gasteiger partial charge < -0.3 is 10.6 Å². The lowest BCUT2D eigenvalue weighted by atomic mass is 10.3. The highest BCUT2D eigenvalue weighted by atomic mass is 32.1. The fourth-order valence-corrected chi connectivity index (χ4v) is 3.85. The topological polar surface area (TPSA) is 84.0 Å². The van der Waals surface area contributed by atoms with E-state index >= 15 is 0 Å². The lowest BCUT2D eigenvalue weighted by Crippen LogP contribution is -2.14. The third kappa shape index (κ3) is 3.95. The highest BCUT2D eigenvalue weighted by Gasteiger charge is 2.11. The van der Waals surface area contributed by atoms with E-state index in [0.29, 0.717) is 10.8 Å². The van der Waals surface area contributed by atoms with Crippen molar-refractivity contribution in [1.29, 1.82) is 0 Å². The third-order valence-electron chi connectivity index (χ3n) is 3.20. The molecule has 2 amide bonds. The second kappa shape index (κ2) is 7.06. The highest BCUT2D eigenvalue weighted by molar-refractivity contribution is 7.22. The summed E-state index contributed by atoms with van der Waals surface area (Å²) in [5.74, 6) is -0.258. The first-order valence-electron chi connectivity index (χ1n) is 7.45. The Labute approximate surface area is 147 Å². The summed E-state index contributed by atoms with van der Waals surface area (Å²) < 4.78 is 0.901. The normalized spacial score (nSPS) is 10.8. The van der Waals surface area contributed by atoms with Crippen LogP contribution in [0.3, 0.4) is 0 Å². The van der Waals surface area contributed by atoms with Gasteiger partial charge in [-0.1, -0.05) is 18.3 Å². The Morgan fingerprint density at radius 1 is 1.21 bits per heavy atom. The third-order valence-corrected chi connectivity index (χ3v) is 5.17. The van der Waals surface area contributed by atoms with Gasteiger partial charge in [0, 0.05) is 18.0 Å². The van der Waals surface area contributed by atoms with Crippen LogP contribution in [-0.4, -0.2) is 21.8 Å². The molecule has 0 spiro atoms. The maximum absolute atomic E-state index is 12.1. The summed E-state index contributed by atoms with van der Waals surface area (Å²) in [4.78, 5) is 32.0. The summed E-state index contributed by atoms with van der Waals surface area (Å²) in [5.41, 5.74) is 2.28. The fourth-order valence-electron chi connectivity index (χ4n) is 2.18. The van der Waals surface area contributed by atoms with Gasteiger partial charge in [-0.25, -0.2) is 9.97 Å². The van der Waals surface area contributed by atoms with Gasteiger partial charge in [0.05, 0.1) is 27.3 Å². The number of nitrogens with zero attached hydrogens (tertiary/aromatic N) is 2. The molecule has 2 aromatic heterocycles. The molecule has 8 heteroatoms. The first-order chi connectivity index (χ1) is 11.5. The second-order valence-electron chi connectivity index (χ2n) is 5.19. The zero-order valence-corrected chi connectivity index (χ0v) is 14.9. The summed E-state index contributed by atoms with van der Waals surface area (Å²) in [6.07, 6.45) is 1.12. The summed E-state index contributed by atoms with van der Waals surface area (Å²) >= 11 is 2.94. The van der Waals surface area contributed by atoms with Crippen molar-refractivity contribution < 1.29 is 9.59 Å². The number of fused-ring (bicyclic) bond motifs is 1. The molecule has 0 saturated heterocycles. The summed E-state index contributed by atoms with van der Waals surface area (Å²) in [7, 11) is 0. The van der Waals surface area contributed by atoms with Gasteiger partial charge in [-0.15, -0.1) is 11.3 Å². The SMILES string of the molecule is CCc1nc(CC(=O)Nc2nc3ccc(NC(C)=O)cc3s2)cs1. The Balaban J connectivity index is 1.70. The lowest BCUT2D eigenvalue weighted by Gasteiger charge is -1.99. The molecule has 3 aromatic rings. The number of anilines is 2. The van der Waals surface area contributed by atoms with Gasteiger partial charge in [0.2, 0.25) is 11.8 Å². The molecule has 0 unspecified atom stereocenters. The second-order valence-corrected chi connectivity index (χ2v) is 7.17. The number of aromatic nitrogens is 2. The monoisotopic (exact) mass is 360 g/mol. The summed E-state index contributed by atoms with van der Waals surface area (Å²) in [5, 5.41) is 9.03. The molecule has 2 heterocycles. The fraction of sp³-hybridized carbons (Fsp3) is 0.250. The number of amides is 2. The van der Waals surface area contributed by atoms with Crippen molar-refractivity contribution in [3.63, 3.8) is 0 Å². The number of benzene rings is 1. The van der Waals surface area contributed by atoms with Gasteiger partial charge in [-0.05, 0) is 24.6 Å². The Bertz CT molecular complexity index is 901. The molecule has 0 bridgehead atoms. The minimum Gasteiger partial charge on any atom is -0.326 e. The Morgan fingerprint density at radius 3 is 2.75 bits per heavy atom. The number of carbonyl (C=O) groups is 2. The molecule has 0 aliphatic heterocycles. The molecule has 0 aliphatic carbocycles. The molecule has 24 heavy (non-hydrogen) atoms. The van der Waals surface area contributed by atoms with E-state index in [1.165, 1.54) is 18.3 Å². The van der Waals surface area contributed by atoms with Crippen LogP contribution in [0.2, 0.25) is 0 Å². The molecule has 0 saturated carbocycles. The molecule has 0 fully saturated rings. The van der Waals surface area contributed by atoms with E-state index in [2.05, 4.69) is 20.6 Å². The number of rotatable bonds is 5. The number of hydrogen-bond acceptors (Lipinski definition) is 6. The lowest BCUT2D eigenvalue weighted by molar-refractivity contribution is -0.116. The standard InChI is InChI=1S/C16H16N4O2S2/c1-3-15-18-11(8-23-15)7-14(22)20-16-19-12-5-4-10(17-9(2)21)6-13(12)24-16/h4-6,8H,3,7H2,1-2H3,(H,17,21)(H,19,20,22). The van der Waals surface area contributed by atoms with Gasteiger partial charge in [-0.2, -0.15) is 0 Å². The van der Waals surface area contributed by atoms with E-state index in [9.17, 15) is 9.59 Å². The number of hydrogen-bond donors (Lipinski definition) is 2. The summed E-state index contributed by atoms with van der Waals surface area (Å²) in [6, 6.07) is 5.45. The van der Waals surface area contributed by atoms with Crippen molar-refractivity contribution in [2.45, 2.75) is 26.7 Å². The van der Waals surface area contributed by atoms with Crippen LogP contribution in [0.5, 0.6) is 0 Å². The van der Waals surface area contributed by atoms with Crippen LogP contribution < -0.4 is 10.6 Å². The smallest absolute Gasteiger partial charge is 0.232 e. The van der Waals surface area contributed by atoms with E-state index in [1.54, 1.807) is 17.4 Å². The van der Waals surface area contributed by atoms with Crippen molar-refractivity contribution in [1.82, 2.24) is 9.97 Å². The number of aryl methyl sites for hydroxylation is 1. The van der Waals surface area contributed by atoms with E-state index in [0.717, 1.165) is 27.3 Å². The summed E-state index contributed by atoms with van der Waals surface area (Å²) in [6.45, 7) is 3.50. The minimum absolute atomic E-state index is 0.123. The van der Waals surface area contributed by atoms with Crippen LogP contribution in [0.1, 0.15) is 24.5 Å². The zero-order chi connectivity index (χ0) is 17.1. The molecule has 0 radical (unpaired) electrons. The van der Waals surface area contributed by atoms with Crippen LogP contribution >= 0.6 is 22.7 Å². The molecule has 0 atom stereocenters. The van der Waals surface area contributed by atoms with Crippen LogP contribution in [-0.2, 0) is 22.4 Å². The Morgan fingerprint density at radius 2 is 2.04 bits per heavy atom. The van der Waals surface area contributed by atoms with E-state index in [1.807, 2.05) is 24.4 Å². The maximum atomic E-state index is 12.1. The molecule has 1 aromatic carbocycles. The Kier molecular flexibility index (Phi) is 4.86. The van der Waals surface area contributed by atoms with Gasteiger partial charge in [0.1, 0.15) is 0 Å². The molecule has 0 aliphatic rings. The van der Waals surface area contributed by atoms with Crippen LogP contribution in [0, 0.1) is 0 Å². The van der Waals surface area contributed by atoms with E-state index in [-0.39, 0.29) is 18.2 Å². The van der Waals surface area contributed by atoms with E-state index in [4.69, 9.17) is 0 Å². The van der Waals surface area contributed by atoms with Gasteiger partial charge >= 0.3 is 0 Å². The highest BCUT2D eigenvalue weighted by Crippen LogP contribution is 2.28. The average molecular weight is 360 g/mol. The molecule has 6 nitrogen and oxygen atoms in total. The van der Waals surface area contributed by atoms with Crippen molar-refractivity contribution in [3.8, 4) is 0 Å². The number of thiazole rings is 2. The van der Waals surface area contributed by atoms with Crippen LogP contribution in [0.15, 0.2) is 23.6 Å². The van der Waals surface area contributed by atoms with Crippen molar-refractivity contribution >= 4 is 55.5 Å². The van der Waals surface area contributed by atoms with Crippen LogP contribution in [0.25, 0.3) is 10.2 Å². The Hall–Kier alpha value is -2.32. The molecule has 124 valence electrons.